The molecule has 0 unspecified atom stereocenters. The summed E-state index contributed by atoms with van der Waals surface area (Å²) in [5.74, 6) is -0.0900. The van der Waals surface area contributed by atoms with Gasteiger partial charge in [-0.3, -0.25) is 0 Å². The Balaban J connectivity index is 3.61. The molecule has 0 aromatic heterocycles. The molecule has 0 spiro atoms. The van der Waals surface area contributed by atoms with E-state index in [0.717, 1.165) is 19.3 Å². The smallest absolute Gasteiger partial charge is 0.164 e. The maximum absolute atomic E-state index is 8.82. The van der Waals surface area contributed by atoms with Crippen LogP contribution in [0.2, 0.25) is 0 Å². The van der Waals surface area contributed by atoms with E-state index in [1.54, 1.807) is 14.2 Å². The average Bonchev–Trinajstić information content (AvgIpc) is 2.17. The van der Waals surface area contributed by atoms with Crippen LogP contribution < -0.4 is 0 Å². The molecule has 80 valence electrons. The van der Waals surface area contributed by atoms with Crippen molar-refractivity contribution in [1.82, 2.24) is 0 Å². The van der Waals surface area contributed by atoms with Crippen molar-refractivity contribution < 1.29 is 14.6 Å². The van der Waals surface area contributed by atoms with E-state index in [-0.39, 0.29) is 6.61 Å². The average molecular weight is 190 g/mol. The third-order valence-electron chi connectivity index (χ3n) is 2.50. The second kappa shape index (κ2) is 6.35. The Kier molecular flexibility index (Phi) is 6.29. The fourth-order valence-electron chi connectivity index (χ4n) is 1.15. The third kappa shape index (κ3) is 5.24. The van der Waals surface area contributed by atoms with Crippen molar-refractivity contribution in [3.8, 4) is 0 Å². The van der Waals surface area contributed by atoms with E-state index < -0.39 is 5.79 Å². The summed E-state index contributed by atoms with van der Waals surface area (Å²) in [4.78, 5) is 0. The molecule has 0 amide bonds. The molecular weight excluding hydrogens is 168 g/mol. The van der Waals surface area contributed by atoms with Crippen LogP contribution in [0.1, 0.15) is 33.1 Å². The Morgan fingerprint density at radius 2 is 1.85 bits per heavy atom. The molecule has 3 heteroatoms. The van der Waals surface area contributed by atoms with Crippen molar-refractivity contribution >= 4 is 0 Å². The number of hydrogen-bond donors (Lipinski definition) is 1. The van der Waals surface area contributed by atoms with Crippen molar-refractivity contribution in [3.05, 3.63) is 0 Å². The molecular formula is C10H22O3. The Hall–Kier alpha value is -0.120. The van der Waals surface area contributed by atoms with Gasteiger partial charge in [0.05, 0.1) is 0 Å². The van der Waals surface area contributed by atoms with Gasteiger partial charge in [0.15, 0.2) is 5.79 Å². The van der Waals surface area contributed by atoms with E-state index in [1.165, 1.54) is 0 Å². The van der Waals surface area contributed by atoms with Gasteiger partial charge in [-0.15, -0.1) is 0 Å². The lowest BCUT2D eigenvalue weighted by Crippen LogP contribution is -2.29. The third-order valence-corrected chi connectivity index (χ3v) is 2.50. The molecule has 0 radical (unpaired) electrons. The molecule has 0 saturated heterocycles. The quantitative estimate of drug-likeness (QED) is 0.622. The van der Waals surface area contributed by atoms with E-state index >= 15 is 0 Å². The minimum atomic E-state index is -0.463. The minimum absolute atomic E-state index is 0.261. The predicted molar refractivity (Wildman–Crippen MR) is 52.5 cm³/mol. The molecule has 3 nitrogen and oxygen atoms in total. The molecule has 0 heterocycles. The number of rotatable bonds is 7. The summed E-state index contributed by atoms with van der Waals surface area (Å²) in [6.45, 7) is 4.23. The lowest BCUT2D eigenvalue weighted by atomic mass is 10.0. The Morgan fingerprint density at radius 3 is 2.23 bits per heavy atom. The summed E-state index contributed by atoms with van der Waals surface area (Å²) >= 11 is 0. The largest absolute Gasteiger partial charge is 0.396 e. The molecule has 1 atom stereocenters. The zero-order chi connectivity index (χ0) is 10.3. The Bertz CT molecular complexity index is 121. The van der Waals surface area contributed by atoms with Gasteiger partial charge in [-0.05, 0) is 25.7 Å². The van der Waals surface area contributed by atoms with Crippen LogP contribution in [0.15, 0.2) is 0 Å². The summed E-state index contributed by atoms with van der Waals surface area (Å²) in [6.07, 6.45) is 2.89. The molecule has 0 aliphatic heterocycles. The van der Waals surface area contributed by atoms with Crippen LogP contribution in [0.5, 0.6) is 0 Å². The molecule has 0 bridgehead atoms. The number of aliphatic hydroxyl groups is 1. The fraction of sp³-hybridized carbons (Fsp3) is 1.00. The highest BCUT2D eigenvalue weighted by atomic mass is 16.7. The van der Waals surface area contributed by atoms with Crippen LogP contribution in [0.25, 0.3) is 0 Å². The first-order chi connectivity index (χ1) is 6.08. The maximum atomic E-state index is 8.82. The summed E-state index contributed by atoms with van der Waals surface area (Å²) < 4.78 is 10.4. The van der Waals surface area contributed by atoms with Crippen molar-refractivity contribution in [2.24, 2.45) is 5.92 Å². The topological polar surface area (TPSA) is 38.7 Å². The molecule has 0 rings (SSSR count). The first-order valence-corrected chi connectivity index (χ1v) is 4.79. The zero-order valence-corrected chi connectivity index (χ0v) is 9.17. The number of hydrogen-bond acceptors (Lipinski definition) is 3. The molecule has 0 aliphatic rings. The molecule has 1 N–H and O–H groups in total. The van der Waals surface area contributed by atoms with E-state index in [0.29, 0.717) is 5.92 Å². The van der Waals surface area contributed by atoms with Crippen molar-refractivity contribution in [2.75, 3.05) is 20.8 Å². The van der Waals surface area contributed by atoms with E-state index in [1.807, 2.05) is 13.8 Å². The first kappa shape index (κ1) is 12.9. The highest BCUT2D eigenvalue weighted by Crippen LogP contribution is 2.20. The van der Waals surface area contributed by atoms with Crippen LogP contribution in [-0.4, -0.2) is 31.7 Å². The van der Waals surface area contributed by atoms with Gasteiger partial charge in [0.2, 0.25) is 0 Å². The molecule has 0 saturated carbocycles. The molecule has 0 aliphatic carbocycles. The van der Waals surface area contributed by atoms with Crippen molar-refractivity contribution in [3.63, 3.8) is 0 Å². The summed E-state index contributed by atoms with van der Waals surface area (Å²) in [5.41, 5.74) is 0. The highest BCUT2D eigenvalue weighted by molar-refractivity contribution is 4.63. The standard InChI is InChI=1S/C10H22O3/c1-9(8-11)6-5-7-10(2,12-3)13-4/h9,11H,5-8H2,1-4H3/t9-/m0/s1. The van der Waals surface area contributed by atoms with Gasteiger partial charge in [-0.2, -0.15) is 0 Å². The van der Waals surface area contributed by atoms with Gasteiger partial charge in [-0.25, -0.2) is 0 Å². The van der Waals surface area contributed by atoms with Gasteiger partial charge >= 0.3 is 0 Å². The van der Waals surface area contributed by atoms with Crippen molar-refractivity contribution in [1.29, 1.82) is 0 Å². The van der Waals surface area contributed by atoms with Gasteiger partial charge in [-0.1, -0.05) is 6.92 Å². The van der Waals surface area contributed by atoms with Gasteiger partial charge in [0.1, 0.15) is 0 Å². The zero-order valence-electron chi connectivity index (χ0n) is 9.17. The van der Waals surface area contributed by atoms with Crippen LogP contribution >= 0.6 is 0 Å². The first-order valence-electron chi connectivity index (χ1n) is 4.79. The highest BCUT2D eigenvalue weighted by Gasteiger charge is 2.21. The number of ether oxygens (including phenoxy) is 2. The number of methoxy groups -OCH3 is 2. The van der Waals surface area contributed by atoms with Crippen molar-refractivity contribution in [2.45, 2.75) is 38.9 Å². The Morgan fingerprint density at radius 1 is 1.31 bits per heavy atom. The van der Waals surface area contributed by atoms with Gasteiger partial charge < -0.3 is 14.6 Å². The van der Waals surface area contributed by atoms with Gasteiger partial charge in [0, 0.05) is 27.2 Å². The van der Waals surface area contributed by atoms with Gasteiger partial charge in [0.25, 0.3) is 0 Å². The second-order valence-electron chi connectivity index (χ2n) is 3.72. The monoisotopic (exact) mass is 190 g/mol. The van der Waals surface area contributed by atoms with E-state index in [9.17, 15) is 0 Å². The summed E-state index contributed by atoms with van der Waals surface area (Å²) in [7, 11) is 3.30. The number of aliphatic hydroxyl groups excluding tert-OH is 1. The van der Waals surface area contributed by atoms with Crippen LogP contribution in [-0.2, 0) is 9.47 Å². The normalized spacial score (nSPS) is 14.5. The lowest BCUT2D eigenvalue weighted by molar-refractivity contribution is -0.198. The molecule has 0 aromatic carbocycles. The fourth-order valence-corrected chi connectivity index (χ4v) is 1.15. The molecule has 13 heavy (non-hydrogen) atoms. The Labute approximate surface area is 81.0 Å². The van der Waals surface area contributed by atoms with Crippen LogP contribution in [0.3, 0.4) is 0 Å². The summed E-state index contributed by atoms with van der Waals surface area (Å²) in [6, 6.07) is 0. The van der Waals surface area contributed by atoms with E-state index in [2.05, 4.69) is 0 Å². The van der Waals surface area contributed by atoms with E-state index in [4.69, 9.17) is 14.6 Å². The lowest BCUT2D eigenvalue weighted by Gasteiger charge is -2.26. The predicted octanol–water partition coefficient (Wildman–Crippen LogP) is 1.79. The molecule has 0 aromatic rings. The second-order valence-corrected chi connectivity index (χ2v) is 3.72. The maximum Gasteiger partial charge on any atom is 0.164 e. The summed E-state index contributed by atoms with van der Waals surface area (Å²) in [5, 5.41) is 8.82. The molecule has 0 fully saturated rings. The van der Waals surface area contributed by atoms with Crippen LogP contribution in [0.4, 0.5) is 0 Å². The SMILES string of the molecule is COC(C)(CCC[C@H](C)CO)OC. The van der Waals surface area contributed by atoms with Crippen LogP contribution in [0, 0.1) is 5.92 Å². The minimum Gasteiger partial charge on any atom is -0.396 e.